The van der Waals surface area contributed by atoms with E-state index in [-0.39, 0.29) is 11.7 Å². The minimum Gasteiger partial charge on any atom is -0.494 e. The van der Waals surface area contributed by atoms with Crippen molar-refractivity contribution in [3.05, 3.63) is 87.9 Å². The average Bonchev–Trinajstić information content (AvgIpc) is 2.85. The highest BCUT2D eigenvalue weighted by Crippen LogP contribution is 2.29. The fourth-order valence-corrected chi connectivity index (χ4v) is 3.12. The maximum atomic E-state index is 12.6. The first kappa shape index (κ1) is 25.0. The normalized spacial score (nSPS) is 10.7. The van der Waals surface area contributed by atoms with Gasteiger partial charge in [0.15, 0.2) is 11.5 Å². The maximum Gasteiger partial charge on any atom is 0.343 e. The molecular weight excluding hydrogens is 500 g/mol. The summed E-state index contributed by atoms with van der Waals surface area (Å²) in [6.07, 6.45) is 2.39. The van der Waals surface area contributed by atoms with E-state index in [9.17, 15) is 9.59 Å². The van der Waals surface area contributed by atoms with Crippen LogP contribution in [0.15, 0.2) is 76.3 Å². The molecule has 1 N–H and O–H groups in total. The van der Waals surface area contributed by atoms with Crippen molar-refractivity contribution in [2.45, 2.75) is 20.3 Å². The van der Waals surface area contributed by atoms with Crippen molar-refractivity contribution >= 4 is 34.0 Å². The summed E-state index contributed by atoms with van der Waals surface area (Å²) >= 11 is 3.33. The Kier molecular flexibility index (Phi) is 9.22. The number of amides is 1. The quantitative estimate of drug-likeness (QED) is 0.161. The van der Waals surface area contributed by atoms with E-state index < -0.39 is 5.97 Å². The molecule has 7 nitrogen and oxygen atoms in total. The molecule has 0 aliphatic carbocycles. The third-order valence-electron chi connectivity index (χ3n) is 4.52. The molecule has 34 heavy (non-hydrogen) atoms. The highest BCUT2D eigenvalue weighted by atomic mass is 79.9. The lowest BCUT2D eigenvalue weighted by Crippen LogP contribution is -2.17. The Morgan fingerprint density at radius 3 is 2.29 bits per heavy atom. The molecule has 0 fully saturated rings. The van der Waals surface area contributed by atoms with E-state index in [0.29, 0.717) is 41.4 Å². The van der Waals surface area contributed by atoms with Crippen LogP contribution in [-0.2, 0) is 0 Å². The molecular formula is C26H25BrN2O5. The Balaban J connectivity index is 1.66. The molecule has 176 valence electrons. The van der Waals surface area contributed by atoms with Crippen molar-refractivity contribution in [1.29, 1.82) is 0 Å². The second kappa shape index (κ2) is 12.6. The molecule has 3 aromatic carbocycles. The van der Waals surface area contributed by atoms with Gasteiger partial charge in [0.05, 0.1) is 25.0 Å². The summed E-state index contributed by atoms with van der Waals surface area (Å²) in [5.41, 5.74) is 4.03. The number of esters is 1. The van der Waals surface area contributed by atoms with Gasteiger partial charge in [-0.1, -0.05) is 22.9 Å². The van der Waals surface area contributed by atoms with Gasteiger partial charge in [0.1, 0.15) is 5.75 Å². The van der Waals surface area contributed by atoms with Gasteiger partial charge in [0, 0.05) is 10.0 Å². The summed E-state index contributed by atoms with van der Waals surface area (Å²) < 4.78 is 17.6. The lowest BCUT2D eigenvalue weighted by atomic mass is 10.2. The number of halogens is 1. The number of hydrogen-bond acceptors (Lipinski definition) is 6. The average molecular weight is 525 g/mol. The second-order valence-corrected chi connectivity index (χ2v) is 8.02. The van der Waals surface area contributed by atoms with Crippen LogP contribution in [0.5, 0.6) is 17.2 Å². The molecule has 1 amide bonds. The topological polar surface area (TPSA) is 86.2 Å². The Morgan fingerprint density at radius 2 is 1.62 bits per heavy atom. The molecule has 0 atom stereocenters. The van der Waals surface area contributed by atoms with Crippen molar-refractivity contribution in [1.82, 2.24) is 5.43 Å². The van der Waals surface area contributed by atoms with Crippen LogP contribution in [0.3, 0.4) is 0 Å². The van der Waals surface area contributed by atoms with Gasteiger partial charge in [-0.2, -0.15) is 5.10 Å². The van der Waals surface area contributed by atoms with E-state index in [1.54, 1.807) is 66.7 Å². The Hall–Kier alpha value is -3.65. The molecule has 0 bridgehead atoms. The van der Waals surface area contributed by atoms with Crippen molar-refractivity contribution in [3.63, 3.8) is 0 Å². The zero-order valence-corrected chi connectivity index (χ0v) is 20.5. The summed E-state index contributed by atoms with van der Waals surface area (Å²) in [6.45, 7) is 4.86. The second-order valence-electron chi connectivity index (χ2n) is 7.11. The minimum absolute atomic E-state index is 0.286. The van der Waals surface area contributed by atoms with Crippen LogP contribution in [0.2, 0.25) is 0 Å². The zero-order chi connectivity index (χ0) is 24.3. The molecule has 3 rings (SSSR count). The molecule has 0 unspecified atom stereocenters. The van der Waals surface area contributed by atoms with Crippen LogP contribution in [-0.4, -0.2) is 31.3 Å². The van der Waals surface area contributed by atoms with E-state index in [0.717, 1.165) is 10.9 Å². The Bertz CT molecular complexity index is 1140. The van der Waals surface area contributed by atoms with Crippen molar-refractivity contribution in [2.24, 2.45) is 5.10 Å². The molecule has 8 heteroatoms. The largest absolute Gasteiger partial charge is 0.494 e. The molecule has 0 aliphatic rings. The van der Waals surface area contributed by atoms with Gasteiger partial charge < -0.3 is 14.2 Å². The summed E-state index contributed by atoms with van der Waals surface area (Å²) in [5.74, 6) is 0.539. The monoisotopic (exact) mass is 524 g/mol. The first-order valence-electron chi connectivity index (χ1n) is 10.8. The van der Waals surface area contributed by atoms with Crippen molar-refractivity contribution < 1.29 is 23.8 Å². The first-order chi connectivity index (χ1) is 16.5. The highest BCUT2D eigenvalue weighted by molar-refractivity contribution is 9.10. The number of hydrazone groups is 1. The van der Waals surface area contributed by atoms with Crippen molar-refractivity contribution in [3.8, 4) is 17.2 Å². The molecule has 0 radical (unpaired) electrons. The summed E-state index contributed by atoms with van der Waals surface area (Å²) in [6, 6.07) is 18.7. The maximum absolute atomic E-state index is 12.6. The van der Waals surface area contributed by atoms with E-state index in [1.807, 2.05) is 13.8 Å². The molecule has 0 aromatic heterocycles. The SMILES string of the molecule is CCCOc1ccc(C(=O)Oc2ccc(/C=N/NC(=O)c3ccc(Br)cc3)cc2OCC)cc1. The molecule has 0 saturated heterocycles. The van der Waals surface area contributed by atoms with Crippen molar-refractivity contribution in [2.75, 3.05) is 13.2 Å². The number of benzene rings is 3. The van der Waals surface area contributed by atoms with Gasteiger partial charge in [0.2, 0.25) is 0 Å². The van der Waals surface area contributed by atoms with Gasteiger partial charge in [-0.05, 0) is 85.6 Å². The molecule has 0 saturated carbocycles. The fraction of sp³-hybridized carbons (Fsp3) is 0.192. The number of carbonyl (C=O) groups is 2. The van der Waals surface area contributed by atoms with Crippen LogP contribution >= 0.6 is 15.9 Å². The lowest BCUT2D eigenvalue weighted by Gasteiger charge is -2.12. The lowest BCUT2D eigenvalue weighted by molar-refractivity contribution is 0.0728. The Labute approximate surface area is 206 Å². The van der Waals surface area contributed by atoms with E-state index in [2.05, 4.69) is 26.5 Å². The van der Waals surface area contributed by atoms with Gasteiger partial charge in [-0.25, -0.2) is 10.2 Å². The number of hydrogen-bond donors (Lipinski definition) is 1. The number of carbonyl (C=O) groups excluding carboxylic acids is 2. The molecule has 0 aliphatic heterocycles. The van der Waals surface area contributed by atoms with Crippen LogP contribution in [0.4, 0.5) is 0 Å². The minimum atomic E-state index is -0.508. The summed E-state index contributed by atoms with van der Waals surface area (Å²) in [5, 5.41) is 4.00. The number of nitrogens with zero attached hydrogens (tertiary/aromatic N) is 1. The highest BCUT2D eigenvalue weighted by Gasteiger charge is 2.13. The first-order valence-corrected chi connectivity index (χ1v) is 11.6. The third-order valence-corrected chi connectivity index (χ3v) is 5.05. The molecule has 0 heterocycles. The van der Waals surface area contributed by atoms with Gasteiger partial charge in [-0.3, -0.25) is 4.79 Å². The standard InChI is InChI=1S/C26H25BrN2O5/c1-3-15-33-22-12-8-20(9-13-22)26(31)34-23-14-5-18(16-24(23)32-4-2)17-28-29-25(30)19-6-10-21(27)11-7-19/h5-14,16-17H,3-4,15H2,1-2H3,(H,29,30)/b28-17+. The predicted octanol–water partition coefficient (Wildman–Crippen LogP) is 5.62. The number of ether oxygens (including phenoxy) is 3. The van der Waals surface area contributed by atoms with Gasteiger partial charge in [-0.15, -0.1) is 0 Å². The fourth-order valence-electron chi connectivity index (χ4n) is 2.85. The van der Waals surface area contributed by atoms with E-state index in [4.69, 9.17) is 14.2 Å². The number of rotatable bonds is 10. The van der Waals surface area contributed by atoms with Gasteiger partial charge >= 0.3 is 5.97 Å². The zero-order valence-electron chi connectivity index (χ0n) is 18.9. The van der Waals surface area contributed by atoms with E-state index in [1.165, 1.54) is 6.21 Å². The summed E-state index contributed by atoms with van der Waals surface area (Å²) in [7, 11) is 0. The predicted molar refractivity (Wildman–Crippen MR) is 134 cm³/mol. The van der Waals surface area contributed by atoms with Gasteiger partial charge in [0.25, 0.3) is 5.91 Å². The third kappa shape index (κ3) is 7.18. The molecule has 3 aromatic rings. The van der Waals surface area contributed by atoms with Crippen LogP contribution in [0.25, 0.3) is 0 Å². The van der Waals surface area contributed by atoms with Crippen LogP contribution in [0, 0.1) is 0 Å². The van der Waals surface area contributed by atoms with Crippen LogP contribution in [0.1, 0.15) is 46.5 Å². The Morgan fingerprint density at radius 1 is 0.912 bits per heavy atom. The van der Waals surface area contributed by atoms with Crippen LogP contribution < -0.4 is 19.6 Å². The molecule has 0 spiro atoms. The summed E-state index contributed by atoms with van der Waals surface area (Å²) in [4.78, 5) is 24.8. The smallest absolute Gasteiger partial charge is 0.343 e. The van der Waals surface area contributed by atoms with E-state index >= 15 is 0 Å². The number of nitrogens with one attached hydrogen (secondary N) is 1.